The van der Waals surface area contributed by atoms with E-state index in [9.17, 15) is 8.42 Å². The summed E-state index contributed by atoms with van der Waals surface area (Å²) in [6.45, 7) is 2.18. The number of rotatable bonds is 8. The molecule has 8 nitrogen and oxygen atoms in total. The van der Waals surface area contributed by atoms with Crippen LogP contribution in [0.4, 0.5) is 0 Å². The number of hydrogen-bond acceptors (Lipinski definition) is 4. The van der Waals surface area contributed by atoms with E-state index in [1.165, 1.54) is 18.4 Å². The minimum Gasteiger partial charge on any atom is -0.356 e. The summed E-state index contributed by atoms with van der Waals surface area (Å²) in [5, 5.41) is 10.6. The monoisotopic (exact) mass is 378 g/mol. The summed E-state index contributed by atoms with van der Waals surface area (Å²) in [5.41, 5.74) is 0.974. The third kappa shape index (κ3) is 5.57. The van der Waals surface area contributed by atoms with Gasteiger partial charge in [0.15, 0.2) is 5.96 Å². The number of guanidine groups is 1. The van der Waals surface area contributed by atoms with Crippen LogP contribution in [0.1, 0.15) is 12.0 Å². The average Bonchev–Trinajstić information content (AvgIpc) is 3.15. The van der Waals surface area contributed by atoms with E-state index in [-0.39, 0.29) is 4.90 Å². The summed E-state index contributed by atoms with van der Waals surface area (Å²) in [7, 11) is 1.37. The predicted molar refractivity (Wildman–Crippen MR) is 102 cm³/mol. The van der Waals surface area contributed by atoms with Crippen molar-refractivity contribution in [2.45, 2.75) is 24.4 Å². The highest BCUT2D eigenvalue weighted by Gasteiger charge is 2.16. The van der Waals surface area contributed by atoms with E-state index in [4.69, 9.17) is 0 Å². The number of sulfonamides is 1. The Balaban J connectivity index is 1.79. The minimum absolute atomic E-state index is 0.285. The van der Waals surface area contributed by atoms with Gasteiger partial charge in [-0.25, -0.2) is 12.7 Å². The summed E-state index contributed by atoms with van der Waals surface area (Å²) in [5.74, 6) is 0.704. The second-order valence-electron chi connectivity index (χ2n) is 5.91. The lowest BCUT2D eigenvalue weighted by Crippen LogP contribution is -2.37. The lowest BCUT2D eigenvalue weighted by Gasteiger charge is -2.13. The number of hydrogen-bond donors (Lipinski definition) is 2. The van der Waals surface area contributed by atoms with E-state index in [1.54, 1.807) is 37.5 Å². The molecular formula is C17H26N6O2S. The first-order valence-corrected chi connectivity index (χ1v) is 9.81. The fourth-order valence-corrected chi connectivity index (χ4v) is 3.18. The summed E-state index contributed by atoms with van der Waals surface area (Å²) in [4.78, 5) is 4.47. The van der Waals surface area contributed by atoms with Gasteiger partial charge in [-0.05, 0) is 30.2 Å². The Labute approximate surface area is 155 Å². The molecule has 26 heavy (non-hydrogen) atoms. The molecule has 0 fully saturated rings. The molecule has 0 aliphatic carbocycles. The topological polar surface area (TPSA) is 91.6 Å². The van der Waals surface area contributed by atoms with Crippen molar-refractivity contribution in [3.05, 3.63) is 48.3 Å². The number of aryl methyl sites for hydroxylation is 1. The van der Waals surface area contributed by atoms with Crippen LogP contribution in [0.5, 0.6) is 0 Å². The highest BCUT2D eigenvalue weighted by molar-refractivity contribution is 7.89. The first-order valence-electron chi connectivity index (χ1n) is 8.37. The number of benzene rings is 1. The quantitative estimate of drug-likeness (QED) is 0.404. The molecule has 2 N–H and O–H groups in total. The van der Waals surface area contributed by atoms with Gasteiger partial charge in [-0.1, -0.05) is 12.1 Å². The molecule has 1 aromatic carbocycles. The molecule has 0 saturated heterocycles. The Bertz CT molecular complexity index is 798. The highest BCUT2D eigenvalue weighted by Crippen LogP contribution is 2.13. The van der Waals surface area contributed by atoms with Gasteiger partial charge in [-0.2, -0.15) is 5.10 Å². The van der Waals surface area contributed by atoms with Crippen LogP contribution < -0.4 is 10.6 Å². The molecule has 2 aromatic rings. The highest BCUT2D eigenvalue weighted by atomic mass is 32.2. The van der Waals surface area contributed by atoms with E-state index in [0.717, 1.165) is 25.1 Å². The maximum Gasteiger partial charge on any atom is 0.242 e. The Morgan fingerprint density at radius 1 is 1.23 bits per heavy atom. The third-order valence-electron chi connectivity index (χ3n) is 3.80. The molecule has 0 amide bonds. The van der Waals surface area contributed by atoms with Gasteiger partial charge in [0, 0.05) is 53.2 Å². The molecule has 0 bridgehead atoms. The van der Waals surface area contributed by atoms with Gasteiger partial charge in [-0.15, -0.1) is 0 Å². The normalized spacial score (nSPS) is 12.4. The van der Waals surface area contributed by atoms with E-state index >= 15 is 0 Å². The molecule has 142 valence electrons. The van der Waals surface area contributed by atoms with Crippen LogP contribution in [-0.4, -0.2) is 56.2 Å². The van der Waals surface area contributed by atoms with Gasteiger partial charge >= 0.3 is 0 Å². The number of aliphatic imine (C=N–C) groups is 1. The van der Waals surface area contributed by atoms with Crippen molar-refractivity contribution >= 4 is 16.0 Å². The summed E-state index contributed by atoms with van der Waals surface area (Å²) in [6.07, 6.45) is 4.63. The lowest BCUT2D eigenvalue weighted by atomic mass is 10.2. The maximum atomic E-state index is 12.1. The molecule has 0 aliphatic heterocycles. The van der Waals surface area contributed by atoms with Gasteiger partial charge in [0.2, 0.25) is 10.0 Å². The molecular weight excluding hydrogens is 352 g/mol. The predicted octanol–water partition coefficient (Wildman–Crippen LogP) is 0.889. The Hall–Kier alpha value is -2.39. The van der Waals surface area contributed by atoms with Crippen LogP contribution in [0, 0.1) is 0 Å². The van der Waals surface area contributed by atoms with Crippen molar-refractivity contribution in [2.75, 3.05) is 27.7 Å². The molecule has 0 radical (unpaired) electrons. The van der Waals surface area contributed by atoms with Crippen molar-refractivity contribution in [2.24, 2.45) is 4.99 Å². The van der Waals surface area contributed by atoms with E-state index in [1.807, 2.05) is 16.9 Å². The van der Waals surface area contributed by atoms with Crippen molar-refractivity contribution in [3.63, 3.8) is 0 Å². The summed E-state index contributed by atoms with van der Waals surface area (Å²) >= 11 is 0. The lowest BCUT2D eigenvalue weighted by molar-refractivity contribution is 0.520. The van der Waals surface area contributed by atoms with Crippen LogP contribution in [0.25, 0.3) is 0 Å². The minimum atomic E-state index is -3.39. The molecule has 9 heteroatoms. The molecule has 0 saturated carbocycles. The zero-order valence-electron chi connectivity index (χ0n) is 15.4. The second kappa shape index (κ2) is 9.35. The van der Waals surface area contributed by atoms with E-state index in [2.05, 4.69) is 20.7 Å². The average molecular weight is 379 g/mol. The Kier molecular flexibility index (Phi) is 7.16. The zero-order chi connectivity index (χ0) is 19.0. The summed E-state index contributed by atoms with van der Waals surface area (Å²) < 4.78 is 27.2. The van der Waals surface area contributed by atoms with Crippen molar-refractivity contribution in [1.82, 2.24) is 24.7 Å². The Morgan fingerprint density at radius 2 is 1.96 bits per heavy atom. The van der Waals surface area contributed by atoms with Gasteiger partial charge < -0.3 is 10.6 Å². The van der Waals surface area contributed by atoms with Crippen LogP contribution in [0.15, 0.2) is 52.6 Å². The molecule has 2 rings (SSSR count). The van der Waals surface area contributed by atoms with Crippen LogP contribution >= 0.6 is 0 Å². The molecule has 1 aromatic heterocycles. The van der Waals surface area contributed by atoms with E-state index in [0.29, 0.717) is 12.5 Å². The SMILES string of the molecule is CN=C(NCCCn1cccn1)NCc1ccc(S(=O)(=O)N(C)C)cc1. The van der Waals surface area contributed by atoms with Crippen LogP contribution in [0.2, 0.25) is 0 Å². The molecule has 1 heterocycles. The van der Waals surface area contributed by atoms with Crippen molar-refractivity contribution in [1.29, 1.82) is 0 Å². The van der Waals surface area contributed by atoms with E-state index < -0.39 is 10.0 Å². The first-order chi connectivity index (χ1) is 12.4. The standard InChI is InChI=1S/C17H26N6O2S/c1-18-17(19-10-4-12-23-13-5-11-21-23)20-14-15-6-8-16(9-7-15)26(24,25)22(2)3/h5-9,11,13H,4,10,12,14H2,1-3H3,(H2,18,19,20). The molecule has 0 spiro atoms. The first kappa shape index (κ1) is 19.9. The fraction of sp³-hybridized carbons (Fsp3) is 0.412. The molecule has 0 aliphatic rings. The Morgan fingerprint density at radius 3 is 2.54 bits per heavy atom. The van der Waals surface area contributed by atoms with Crippen LogP contribution in [0.3, 0.4) is 0 Å². The van der Waals surface area contributed by atoms with Crippen molar-refractivity contribution < 1.29 is 8.42 Å². The van der Waals surface area contributed by atoms with Crippen LogP contribution in [-0.2, 0) is 23.1 Å². The number of aromatic nitrogens is 2. The third-order valence-corrected chi connectivity index (χ3v) is 5.63. The molecule has 0 unspecified atom stereocenters. The van der Waals surface area contributed by atoms with Crippen molar-refractivity contribution in [3.8, 4) is 0 Å². The zero-order valence-corrected chi connectivity index (χ0v) is 16.2. The number of nitrogens with one attached hydrogen (secondary N) is 2. The largest absolute Gasteiger partial charge is 0.356 e. The molecule has 0 atom stereocenters. The van der Waals surface area contributed by atoms with Gasteiger partial charge in [0.1, 0.15) is 0 Å². The van der Waals surface area contributed by atoms with Gasteiger partial charge in [0.05, 0.1) is 4.90 Å². The summed E-state index contributed by atoms with van der Waals surface area (Å²) in [6, 6.07) is 8.74. The van der Waals surface area contributed by atoms with Gasteiger partial charge in [0.25, 0.3) is 0 Å². The van der Waals surface area contributed by atoms with Gasteiger partial charge in [-0.3, -0.25) is 9.67 Å². The smallest absolute Gasteiger partial charge is 0.242 e. The fourth-order valence-electron chi connectivity index (χ4n) is 2.28. The maximum absolute atomic E-state index is 12.1. The number of nitrogens with zero attached hydrogens (tertiary/aromatic N) is 4. The second-order valence-corrected chi connectivity index (χ2v) is 8.06.